The van der Waals surface area contributed by atoms with E-state index < -0.39 is 29.8 Å². The van der Waals surface area contributed by atoms with Crippen molar-refractivity contribution in [1.82, 2.24) is 4.57 Å². The van der Waals surface area contributed by atoms with Gasteiger partial charge in [0.25, 0.3) is 11.7 Å². The highest BCUT2D eigenvalue weighted by molar-refractivity contribution is 9.10. The van der Waals surface area contributed by atoms with Gasteiger partial charge >= 0.3 is 5.97 Å². The standard InChI is InChI=1S/C20H25BrN2O5.C2H6/c1-11-15(17(26)18(22)27)16-12(7-6-8-13(16)28-9-14(24)25)23(11)20(4,5)10-19(2,3)21;1-2/h6-8H,9-10H2,1-5H3,(H2,22,27)(H,24,25);1-2H3. The van der Waals surface area contributed by atoms with Crippen LogP contribution < -0.4 is 10.5 Å². The van der Waals surface area contributed by atoms with Crippen LogP contribution in [0.15, 0.2) is 18.2 Å². The molecule has 0 aliphatic heterocycles. The molecule has 1 aromatic carbocycles. The molecule has 0 unspecified atom stereocenters. The number of hydrogen-bond donors (Lipinski definition) is 2. The Labute approximate surface area is 185 Å². The highest BCUT2D eigenvalue weighted by Gasteiger charge is 2.34. The fraction of sp³-hybridized carbons (Fsp3) is 0.500. The second-order valence-corrected chi connectivity index (χ2v) is 10.2. The second-order valence-electron chi connectivity index (χ2n) is 8.03. The SMILES string of the molecule is CC.Cc1c(C(=O)C(N)=O)c2c(OCC(=O)O)cccc2n1C(C)(C)CC(C)(C)Br. The summed E-state index contributed by atoms with van der Waals surface area (Å²) in [5.74, 6) is -2.83. The zero-order chi connectivity index (χ0) is 23.4. The van der Waals surface area contributed by atoms with Crippen LogP contribution in [0, 0.1) is 6.92 Å². The summed E-state index contributed by atoms with van der Waals surface area (Å²) in [6.45, 7) is 13.3. The van der Waals surface area contributed by atoms with E-state index in [4.69, 9.17) is 15.6 Å². The molecule has 1 heterocycles. The molecular weight excluding hydrogens is 452 g/mol. The van der Waals surface area contributed by atoms with Gasteiger partial charge in [-0.25, -0.2) is 4.79 Å². The maximum Gasteiger partial charge on any atom is 0.341 e. The van der Waals surface area contributed by atoms with Gasteiger partial charge in [0.2, 0.25) is 0 Å². The fourth-order valence-electron chi connectivity index (χ4n) is 3.98. The van der Waals surface area contributed by atoms with E-state index in [-0.39, 0.29) is 15.6 Å². The molecule has 2 aromatic rings. The fourth-order valence-corrected chi connectivity index (χ4v) is 4.67. The van der Waals surface area contributed by atoms with Crippen LogP contribution in [0.5, 0.6) is 5.75 Å². The maximum atomic E-state index is 12.6. The number of nitrogens with two attached hydrogens (primary N) is 1. The Morgan fingerprint density at radius 3 is 2.20 bits per heavy atom. The third kappa shape index (κ3) is 5.62. The number of primary amides is 1. The predicted octanol–water partition coefficient (Wildman–Crippen LogP) is 4.41. The quantitative estimate of drug-likeness (QED) is 0.328. The predicted molar refractivity (Wildman–Crippen MR) is 122 cm³/mol. The van der Waals surface area contributed by atoms with E-state index in [1.165, 1.54) is 0 Å². The first-order chi connectivity index (χ1) is 13.8. The summed E-state index contributed by atoms with van der Waals surface area (Å²) in [5.41, 5.74) is 6.24. The lowest BCUT2D eigenvalue weighted by atomic mass is 9.91. The first-order valence-electron chi connectivity index (χ1n) is 9.78. The minimum absolute atomic E-state index is 0.143. The molecule has 3 N–H and O–H groups in total. The van der Waals surface area contributed by atoms with Crippen molar-refractivity contribution in [2.24, 2.45) is 5.73 Å². The van der Waals surface area contributed by atoms with Crippen molar-refractivity contribution in [2.45, 2.75) is 64.8 Å². The number of rotatable bonds is 8. The Kier molecular flexibility index (Phi) is 8.25. The van der Waals surface area contributed by atoms with Crippen LogP contribution in [0.2, 0.25) is 0 Å². The lowest BCUT2D eigenvalue weighted by molar-refractivity contribution is -0.139. The summed E-state index contributed by atoms with van der Waals surface area (Å²) in [5, 5.41) is 9.35. The molecule has 0 saturated heterocycles. The molecule has 0 spiro atoms. The maximum absolute atomic E-state index is 12.6. The number of carboxylic acid groups (broad SMARTS) is 1. The van der Waals surface area contributed by atoms with Gasteiger partial charge in [0.15, 0.2) is 6.61 Å². The number of carboxylic acids is 1. The number of fused-ring (bicyclic) bond motifs is 1. The van der Waals surface area contributed by atoms with E-state index in [0.717, 1.165) is 6.42 Å². The molecule has 0 radical (unpaired) electrons. The molecule has 0 aliphatic carbocycles. The number of aliphatic carboxylic acids is 1. The van der Waals surface area contributed by atoms with Gasteiger partial charge in [-0.2, -0.15) is 0 Å². The van der Waals surface area contributed by atoms with Crippen molar-refractivity contribution >= 4 is 44.5 Å². The third-order valence-corrected chi connectivity index (χ3v) is 4.73. The van der Waals surface area contributed by atoms with E-state index in [9.17, 15) is 14.4 Å². The van der Waals surface area contributed by atoms with Gasteiger partial charge in [-0.05, 0) is 53.2 Å². The summed E-state index contributed by atoms with van der Waals surface area (Å²) in [7, 11) is 0. The van der Waals surface area contributed by atoms with Crippen LogP contribution in [-0.2, 0) is 15.1 Å². The summed E-state index contributed by atoms with van der Waals surface area (Å²) >= 11 is 3.67. The number of alkyl halides is 1. The van der Waals surface area contributed by atoms with E-state index in [2.05, 4.69) is 15.9 Å². The van der Waals surface area contributed by atoms with Gasteiger partial charge in [0.05, 0.1) is 16.5 Å². The Bertz CT molecular complexity index is 955. The highest BCUT2D eigenvalue weighted by atomic mass is 79.9. The molecule has 2 rings (SSSR count). The molecular formula is C22H31BrN2O5. The molecule has 0 aliphatic rings. The number of hydrogen-bond acceptors (Lipinski definition) is 4. The molecule has 7 nitrogen and oxygen atoms in total. The molecule has 0 atom stereocenters. The van der Waals surface area contributed by atoms with E-state index >= 15 is 0 Å². The van der Waals surface area contributed by atoms with E-state index in [1.807, 2.05) is 52.2 Å². The molecule has 8 heteroatoms. The van der Waals surface area contributed by atoms with Crippen molar-refractivity contribution in [3.8, 4) is 5.75 Å². The normalized spacial score (nSPS) is 11.6. The van der Waals surface area contributed by atoms with Gasteiger partial charge in [0.1, 0.15) is 5.75 Å². The summed E-state index contributed by atoms with van der Waals surface area (Å²) < 4.78 is 7.21. The average molecular weight is 483 g/mol. The van der Waals surface area contributed by atoms with Crippen LogP contribution in [0.25, 0.3) is 10.9 Å². The first-order valence-corrected chi connectivity index (χ1v) is 10.6. The van der Waals surface area contributed by atoms with Gasteiger partial charge in [0, 0.05) is 15.6 Å². The molecule has 0 bridgehead atoms. The lowest BCUT2D eigenvalue weighted by Crippen LogP contribution is -2.34. The zero-order valence-corrected chi connectivity index (χ0v) is 20.2. The number of ether oxygens (including phenoxy) is 1. The molecule has 0 saturated carbocycles. The Hall–Kier alpha value is -2.35. The van der Waals surface area contributed by atoms with E-state index in [1.54, 1.807) is 19.1 Å². The topological polar surface area (TPSA) is 112 Å². The number of aromatic nitrogens is 1. The van der Waals surface area contributed by atoms with Crippen molar-refractivity contribution < 1.29 is 24.2 Å². The minimum Gasteiger partial charge on any atom is -0.481 e. The number of carbonyl (C=O) groups excluding carboxylic acids is 2. The summed E-state index contributed by atoms with van der Waals surface area (Å²) in [4.78, 5) is 35.3. The van der Waals surface area contributed by atoms with Gasteiger partial charge in [-0.1, -0.05) is 35.8 Å². The number of ketones is 1. The first kappa shape index (κ1) is 25.7. The Morgan fingerprint density at radius 1 is 1.17 bits per heavy atom. The Balaban J connectivity index is 0.00000218. The summed E-state index contributed by atoms with van der Waals surface area (Å²) in [6, 6.07) is 5.12. The molecule has 1 amide bonds. The van der Waals surface area contributed by atoms with Crippen molar-refractivity contribution in [3.05, 3.63) is 29.5 Å². The Morgan fingerprint density at radius 2 is 1.73 bits per heavy atom. The highest BCUT2D eigenvalue weighted by Crippen LogP contribution is 2.41. The number of nitrogens with zero attached hydrogens (tertiary/aromatic N) is 1. The smallest absolute Gasteiger partial charge is 0.341 e. The van der Waals surface area contributed by atoms with Crippen LogP contribution >= 0.6 is 15.9 Å². The van der Waals surface area contributed by atoms with Crippen molar-refractivity contribution in [3.63, 3.8) is 0 Å². The minimum atomic E-state index is -1.14. The van der Waals surface area contributed by atoms with E-state index in [0.29, 0.717) is 16.6 Å². The molecule has 0 fully saturated rings. The van der Waals surface area contributed by atoms with Gasteiger partial charge in [-0.3, -0.25) is 9.59 Å². The number of benzene rings is 1. The van der Waals surface area contributed by atoms with Crippen LogP contribution in [0.3, 0.4) is 0 Å². The third-order valence-electron chi connectivity index (χ3n) is 4.45. The number of carbonyl (C=O) groups is 3. The lowest BCUT2D eigenvalue weighted by Gasteiger charge is -2.35. The van der Waals surface area contributed by atoms with Crippen molar-refractivity contribution in [2.75, 3.05) is 6.61 Å². The number of Topliss-reactive ketones (excluding diaryl/α,β-unsaturated/α-hetero) is 1. The summed E-state index contributed by atoms with van der Waals surface area (Å²) in [6.07, 6.45) is 0.717. The van der Waals surface area contributed by atoms with Crippen LogP contribution in [0.1, 0.15) is 64.0 Å². The number of amides is 1. The second kappa shape index (κ2) is 9.64. The van der Waals surface area contributed by atoms with Gasteiger partial charge in [-0.15, -0.1) is 0 Å². The zero-order valence-electron chi connectivity index (χ0n) is 18.6. The van der Waals surface area contributed by atoms with Crippen LogP contribution in [-0.4, -0.2) is 38.3 Å². The van der Waals surface area contributed by atoms with Crippen LogP contribution in [0.4, 0.5) is 0 Å². The molecule has 166 valence electrons. The largest absolute Gasteiger partial charge is 0.481 e. The monoisotopic (exact) mass is 482 g/mol. The molecule has 30 heavy (non-hydrogen) atoms. The molecule has 1 aromatic heterocycles. The number of halogens is 1. The van der Waals surface area contributed by atoms with Crippen molar-refractivity contribution in [1.29, 1.82) is 0 Å². The average Bonchev–Trinajstić information content (AvgIpc) is 2.91. The van der Waals surface area contributed by atoms with Gasteiger partial charge < -0.3 is 20.1 Å².